The van der Waals surface area contributed by atoms with E-state index in [-0.39, 0.29) is 18.4 Å². The van der Waals surface area contributed by atoms with Crippen LogP contribution in [0.5, 0.6) is 0 Å². The number of nitrogens with two attached hydrogens (primary N) is 1. The molecule has 6 heteroatoms. The van der Waals surface area contributed by atoms with Crippen molar-refractivity contribution < 1.29 is 14.7 Å². The molecule has 0 aliphatic carbocycles. The maximum Gasteiger partial charge on any atom is 0.316 e. The zero-order valence-electron chi connectivity index (χ0n) is 11.6. The molecule has 3 amide bonds. The SMILES string of the molecule is CCC(CCO)CNC(=O)c1ccc(NC(N)=O)cc1. The number of primary amides is 1. The van der Waals surface area contributed by atoms with Gasteiger partial charge in [0.15, 0.2) is 0 Å². The Balaban J connectivity index is 2.53. The van der Waals surface area contributed by atoms with Gasteiger partial charge in [0, 0.05) is 24.4 Å². The summed E-state index contributed by atoms with van der Waals surface area (Å²) in [7, 11) is 0. The standard InChI is InChI=1S/C14H21N3O3/c1-2-10(7-8-18)9-16-13(19)11-3-5-12(6-4-11)17-14(15)20/h3-6,10,18H,2,7-9H2,1H3,(H,16,19)(H3,15,17,20). The van der Waals surface area contributed by atoms with Gasteiger partial charge < -0.3 is 21.5 Å². The predicted octanol–water partition coefficient (Wildman–Crippen LogP) is 1.32. The number of anilines is 1. The molecule has 0 saturated heterocycles. The van der Waals surface area contributed by atoms with Crippen molar-refractivity contribution in [3.8, 4) is 0 Å². The molecule has 0 spiro atoms. The van der Waals surface area contributed by atoms with Gasteiger partial charge in [0.05, 0.1) is 0 Å². The Morgan fingerprint density at radius 1 is 1.30 bits per heavy atom. The molecule has 0 radical (unpaired) electrons. The Morgan fingerprint density at radius 2 is 1.95 bits per heavy atom. The highest BCUT2D eigenvalue weighted by molar-refractivity contribution is 5.95. The molecule has 1 rings (SSSR count). The highest BCUT2D eigenvalue weighted by Crippen LogP contribution is 2.10. The van der Waals surface area contributed by atoms with Crippen molar-refractivity contribution in [2.24, 2.45) is 11.7 Å². The highest BCUT2D eigenvalue weighted by Gasteiger charge is 2.09. The maximum atomic E-state index is 11.9. The lowest BCUT2D eigenvalue weighted by Gasteiger charge is -2.14. The number of nitrogens with one attached hydrogen (secondary N) is 2. The first-order valence-corrected chi connectivity index (χ1v) is 6.62. The van der Waals surface area contributed by atoms with Crippen LogP contribution in [-0.4, -0.2) is 30.2 Å². The molecule has 0 aromatic heterocycles. The zero-order chi connectivity index (χ0) is 15.0. The number of aliphatic hydroxyl groups excluding tert-OH is 1. The molecule has 0 aliphatic rings. The number of rotatable bonds is 7. The van der Waals surface area contributed by atoms with Gasteiger partial charge in [-0.05, 0) is 36.6 Å². The molecule has 1 aromatic carbocycles. The second-order valence-corrected chi connectivity index (χ2v) is 4.56. The van der Waals surface area contributed by atoms with Crippen LogP contribution >= 0.6 is 0 Å². The Kier molecular flexibility index (Phi) is 6.52. The summed E-state index contributed by atoms with van der Waals surface area (Å²) in [5, 5.41) is 14.2. The summed E-state index contributed by atoms with van der Waals surface area (Å²) in [5.74, 6) is 0.103. The molecule has 6 nitrogen and oxygen atoms in total. The topological polar surface area (TPSA) is 104 Å². The maximum absolute atomic E-state index is 11.9. The van der Waals surface area contributed by atoms with E-state index in [1.54, 1.807) is 24.3 Å². The van der Waals surface area contributed by atoms with E-state index in [9.17, 15) is 9.59 Å². The van der Waals surface area contributed by atoms with Crippen LogP contribution in [0.1, 0.15) is 30.1 Å². The number of urea groups is 1. The van der Waals surface area contributed by atoms with Gasteiger partial charge in [0.25, 0.3) is 5.91 Å². The first-order chi connectivity index (χ1) is 9.56. The summed E-state index contributed by atoms with van der Waals surface area (Å²) in [4.78, 5) is 22.6. The smallest absolute Gasteiger partial charge is 0.316 e. The molecule has 0 heterocycles. The average Bonchev–Trinajstić information content (AvgIpc) is 2.43. The van der Waals surface area contributed by atoms with Gasteiger partial charge in [-0.3, -0.25) is 4.79 Å². The minimum atomic E-state index is -0.642. The molecule has 110 valence electrons. The predicted molar refractivity (Wildman–Crippen MR) is 77.5 cm³/mol. The summed E-state index contributed by atoms with van der Waals surface area (Å²) >= 11 is 0. The molecule has 0 saturated carbocycles. The zero-order valence-corrected chi connectivity index (χ0v) is 11.6. The largest absolute Gasteiger partial charge is 0.396 e. The van der Waals surface area contributed by atoms with Crippen LogP contribution in [0.2, 0.25) is 0 Å². The quantitative estimate of drug-likeness (QED) is 0.605. The van der Waals surface area contributed by atoms with Crippen molar-refractivity contribution in [2.45, 2.75) is 19.8 Å². The monoisotopic (exact) mass is 279 g/mol. The van der Waals surface area contributed by atoms with Crippen LogP contribution < -0.4 is 16.4 Å². The molecule has 5 N–H and O–H groups in total. The summed E-state index contributed by atoms with van der Waals surface area (Å²) in [6, 6.07) is 5.83. The first kappa shape index (κ1) is 16.0. The van der Waals surface area contributed by atoms with Crippen molar-refractivity contribution >= 4 is 17.6 Å². The van der Waals surface area contributed by atoms with Crippen molar-refractivity contribution in [3.63, 3.8) is 0 Å². The second kappa shape index (κ2) is 8.16. The summed E-state index contributed by atoms with van der Waals surface area (Å²) in [6.07, 6.45) is 1.58. The lowest BCUT2D eigenvalue weighted by molar-refractivity contribution is 0.0943. The molecule has 0 bridgehead atoms. The van der Waals surface area contributed by atoms with E-state index in [1.165, 1.54) is 0 Å². The summed E-state index contributed by atoms with van der Waals surface area (Å²) in [6.45, 7) is 2.69. The number of benzene rings is 1. The normalized spacial score (nSPS) is 11.7. The minimum absolute atomic E-state index is 0.127. The van der Waals surface area contributed by atoms with Gasteiger partial charge in [-0.2, -0.15) is 0 Å². The van der Waals surface area contributed by atoms with Gasteiger partial charge >= 0.3 is 6.03 Å². The molecular formula is C14H21N3O3. The fourth-order valence-electron chi connectivity index (χ4n) is 1.82. The van der Waals surface area contributed by atoms with Gasteiger partial charge in [-0.25, -0.2) is 4.79 Å². The lowest BCUT2D eigenvalue weighted by atomic mass is 10.0. The number of amides is 3. The van der Waals surface area contributed by atoms with Crippen molar-refractivity contribution in [1.82, 2.24) is 5.32 Å². The highest BCUT2D eigenvalue weighted by atomic mass is 16.3. The number of carbonyl (C=O) groups is 2. The summed E-state index contributed by atoms with van der Waals surface area (Å²) < 4.78 is 0. The van der Waals surface area contributed by atoms with E-state index in [0.29, 0.717) is 24.2 Å². The number of aliphatic hydroxyl groups is 1. The third-order valence-corrected chi connectivity index (χ3v) is 3.08. The Labute approximate surface area is 118 Å². The molecule has 20 heavy (non-hydrogen) atoms. The minimum Gasteiger partial charge on any atom is -0.396 e. The van der Waals surface area contributed by atoms with Crippen LogP contribution in [0, 0.1) is 5.92 Å². The fourth-order valence-corrected chi connectivity index (χ4v) is 1.82. The molecule has 1 atom stereocenters. The molecule has 1 unspecified atom stereocenters. The van der Waals surface area contributed by atoms with E-state index in [4.69, 9.17) is 10.8 Å². The first-order valence-electron chi connectivity index (χ1n) is 6.62. The van der Waals surface area contributed by atoms with Gasteiger partial charge in [-0.15, -0.1) is 0 Å². The third-order valence-electron chi connectivity index (χ3n) is 3.08. The lowest BCUT2D eigenvalue weighted by Crippen LogP contribution is -2.29. The van der Waals surface area contributed by atoms with E-state index < -0.39 is 6.03 Å². The average molecular weight is 279 g/mol. The van der Waals surface area contributed by atoms with Crippen molar-refractivity contribution in [1.29, 1.82) is 0 Å². The van der Waals surface area contributed by atoms with E-state index >= 15 is 0 Å². The van der Waals surface area contributed by atoms with Crippen LogP contribution in [0.25, 0.3) is 0 Å². The second-order valence-electron chi connectivity index (χ2n) is 4.56. The number of hydrogen-bond acceptors (Lipinski definition) is 3. The summed E-state index contributed by atoms with van der Waals surface area (Å²) in [5.41, 5.74) is 6.05. The molecule has 1 aromatic rings. The van der Waals surface area contributed by atoms with E-state index in [0.717, 1.165) is 6.42 Å². The van der Waals surface area contributed by atoms with Crippen LogP contribution in [0.15, 0.2) is 24.3 Å². The molecular weight excluding hydrogens is 258 g/mol. The number of hydrogen-bond donors (Lipinski definition) is 4. The Morgan fingerprint density at radius 3 is 2.45 bits per heavy atom. The Bertz CT molecular complexity index is 445. The van der Waals surface area contributed by atoms with Crippen LogP contribution in [0.4, 0.5) is 10.5 Å². The van der Waals surface area contributed by atoms with E-state index in [2.05, 4.69) is 10.6 Å². The third kappa shape index (κ3) is 5.27. The van der Waals surface area contributed by atoms with Crippen LogP contribution in [0.3, 0.4) is 0 Å². The van der Waals surface area contributed by atoms with Gasteiger partial charge in [0.1, 0.15) is 0 Å². The Hall–Kier alpha value is -2.08. The number of carbonyl (C=O) groups excluding carboxylic acids is 2. The molecule has 0 aliphatic heterocycles. The van der Waals surface area contributed by atoms with Gasteiger partial charge in [-0.1, -0.05) is 13.3 Å². The van der Waals surface area contributed by atoms with Gasteiger partial charge in [0.2, 0.25) is 0 Å². The van der Waals surface area contributed by atoms with Crippen molar-refractivity contribution in [2.75, 3.05) is 18.5 Å². The van der Waals surface area contributed by atoms with Crippen LogP contribution in [-0.2, 0) is 0 Å². The molecule has 0 fully saturated rings. The van der Waals surface area contributed by atoms with Crippen molar-refractivity contribution in [3.05, 3.63) is 29.8 Å². The fraction of sp³-hybridized carbons (Fsp3) is 0.429. The van der Waals surface area contributed by atoms with E-state index in [1.807, 2.05) is 6.92 Å².